The van der Waals surface area contributed by atoms with E-state index in [1.54, 1.807) is 24.3 Å². The zero-order valence-corrected chi connectivity index (χ0v) is 9.30. The van der Waals surface area contributed by atoms with Crippen molar-refractivity contribution in [3.8, 4) is 0 Å². The quantitative estimate of drug-likeness (QED) is 0.633. The molecule has 1 rings (SSSR count). The van der Waals surface area contributed by atoms with Crippen molar-refractivity contribution < 1.29 is 24.2 Å². The van der Waals surface area contributed by atoms with Crippen LogP contribution in [0.2, 0.25) is 0 Å². The number of aryl methyl sites for hydroxylation is 1. The van der Waals surface area contributed by atoms with E-state index >= 15 is 0 Å². The summed E-state index contributed by atoms with van der Waals surface area (Å²) in [4.78, 5) is 32.7. The minimum absolute atomic E-state index is 0.263. The van der Waals surface area contributed by atoms with Crippen molar-refractivity contribution in [1.82, 2.24) is 0 Å². The molecule has 0 saturated heterocycles. The van der Waals surface area contributed by atoms with Crippen molar-refractivity contribution >= 4 is 17.9 Å². The third-order valence-electron chi connectivity index (χ3n) is 2.04. The predicted octanol–water partition coefficient (Wildman–Crippen LogP) is 1.54. The molecule has 0 aromatic heterocycles. The maximum Gasteiger partial charge on any atom is 0.345 e. The van der Waals surface area contributed by atoms with Crippen molar-refractivity contribution in [2.75, 3.05) is 0 Å². The molecule has 0 aliphatic rings. The van der Waals surface area contributed by atoms with Gasteiger partial charge in [0.2, 0.25) is 0 Å². The molecule has 17 heavy (non-hydrogen) atoms. The summed E-state index contributed by atoms with van der Waals surface area (Å²) in [6, 6.07) is 6.53. The summed E-state index contributed by atoms with van der Waals surface area (Å²) < 4.78 is 4.49. The molecule has 0 heterocycles. The van der Waals surface area contributed by atoms with E-state index in [1.165, 1.54) is 0 Å². The van der Waals surface area contributed by atoms with E-state index < -0.39 is 17.9 Å². The zero-order valence-electron chi connectivity index (χ0n) is 9.30. The Kier molecular flexibility index (Phi) is 4.39. The van der Waals surface area contributed by atoms with Crippen LogP contribution in [-0.2, 0) is 14.3 Å². The molecule has 0 fully saturated rings. The van der Waals surface area contributed by atoms with Crippen LogP contribution in [0.25, 0.3) is 0 Å². The number of aliphatic carboxylic acids is 1. The van der Waals surface area contributed by atoms with Crippen LogP contribution >= 0.6 is 0 Å². The molecule has 0 atom stereocenters. The molecule has 0 bridgehead atoms. The highest BCUT2D eigenvalue weighted by Gasteiger charge is 2.13. The molecule has 0 aliphatic carbocycles. The van der Waals surface area contributed by atoms with Crippen molar-refractivity contribution in [3.63, 3.8) is 0 Å². The van der Waals surface area contributed by atoms with Gasteiger partial charge in [-0.25, -0.2) is 4.79 Å². The summed E-state index contributed by atoms with van der Waals surface area (Å²) in [5.41, 5.74) is 1.25. The van der Waals surface area contributed by atoms with Gasteiger partial charge in [0.25, 0.3) is 0 Å². The molecule has 1 aromatic carbocycles. The molecule has 5 heteroatoms. The SMILES string of the molecule is Cc1ccc(C(=O)OC(=O)CCC(=O)O)cc1. The number of carbonyl (C=O) groups is 3. The lowest BCUT2D eigenvalue weighted by molar-refractivity contribution is -0.144. The smallest absolute Gasteiger partial charge is 0.345 e. The molecule has 0 spiro atoms. The van der Waals surface area contributed by atoms with Crippen LogP contribution in [-0.4, -0.2) is 23.0 Å². The fraction of sp³-hybridized carbons (Fsp3) is 0.250. The molecule has 90 valence electrons. The highest BCUT2D eigenvalue weighted by atomic mass is 16.6. The highest BCUT2D eigenvalue weighted by Crippen LogP contribution is 2.06. The molecule has 0 amide bonds. The monoisotopic (exact) mass is 236 g/mol. The second-order valence-corrected chi connectivity index (χ2v) is 3.52. The Labute approximate surface area is 98.0 Å². The van der Waals surface area contributed by atoms with E-state index in [2.05, 4.69) is 4.74 Å². The lowest BCUT2D eigenvalue weighted by Gasteiger charge is -2.02. The number of carbonyl (C=O) groups excluding carboxylic acids is 2. The molecule has 1 aromatic rings. The van der Waals surface area contributed by atoms with Gasteiger partial charge in [-0.2, -0.15) is 0 Å². The minimum atomic E-state index is -1.11. The summed E-state index contributed by atoms with van der Waals surface area (Å²) >= 11 is 0. The molecule has 0 unspecified atom stereocenters. The minimum Gasteiger partial charge on any atom is -0.481 e. The number of rotatable bonds is 4. The number of hydrogen-bond donors (Lipinski definition) is 1. The summed E-state index contributed by atoms with van der Waals surface area (Å²) in [6.45, 7) is 1.87. The Balaban J connectivity index is 2.51. The van der Waals surface area contributed by atoms with E-state index in [4.69, 9.17) is 5.11 Å². The maximum absolute atomic E-state index is 11.4. The Bertz CT molecular complexity index is 433. The van der Waals surface area contributed by atoms with Crippen molar-refractivity contribution in [3.05, 3.63) is 35.4 Å². The standard InChI is InChI=1S/C12H12O5/c1-8-2-4-9(5-3-8)12(16)17-11(15)7-6-10(13)14/h2-5H,6-7H2,1H3,(H,13,14). The predicted molar refractivity (Wildman–Crippen MR) is 58.5 cm³/mol. The van der Waals surface area contributed by atoms with Gasteiger partial charge in [-0.15, -0.1) is 0 Å². The van der Waals surface area contributed by atoms with Gasteiger partial charge in [-0.3, -0.25) is 9.59 Å². The Morgan fingerprint density at radius 3 is 2.24 bits per heavy atom. The lowest BCUT2D eigenvalue weighted by Crippen LogP contribution is -2.13. The van der Waals surface area contributed by atoms with Gasteiger partial charge < -0.3 is 9.84 Å². The molecular weight excluding hydrogens is 224 g/mol. The van der Waals surface area contributed by atoms with Gasteiger partial charge in [0.1, 0.15) is 0 Å². The largest absolute Gasteiger partial charge is 0.481 e. The topological polar surface area (TPSA) is 80.7 Å². The Morgan fingerprint density at radius 1 is 1.12 bits per heavy atom. The van der Waals surface area contributed by atoms with Crippen LogP contribution in [0.5, 0.6) is 0 Å². The second kappa shape index (κ2) is 5.79. The first-order valence-corrected chi connectivity index (χ1v) is 5.02. The first kappa shape index (κ1) is 12.9. The fourth-order valence-corrected chi connectivity index (χ4v) is 1.11. The van der Waals surface area contributed by atoms with Crippen LogP contribution in [0.4, 0.5) is 0 Å². The summed E-state index contributed by atoms with van der Waals surface area (Å²) in [7, 11) is 0. The maximum atomic E-state index is 11.4. The number of hydrogen-bond acceptors (Lipinski definition) is 4. The first-order chi connectivity index (χ1) is 7.99. The molecule has 5 nitrogen and oxygen atoms in total. The highest BCUT2D eigenvalue weighted by molar-refractivity contribution is 5.97. The third kappa shape index (κ3) is 4.46. The Hall–Kier alpha value is -2.17. The molecule has 0 saturated carbocycles. The molecule has 1 N–H and O–H groups in total. The molecule has 0 aliphatic heterocycles. The van der Waals surface area contributed by atoms with E-state index in [-0.39, 0.29) is 18.4 Å². The van der Waals surface area contributed by atoms with Gasteiger partial charge in [0, 0.05) is 0 Å². The summed E-state index contributed by atoms with van der Waals surface area (Å²) in [5.74, 6) is -2.71. The van der Waals surface area contributed by atoms with Gasteiger partial charge >= 0.3 is 17.9 Å². The van der Waals surface area contributed by atoms with Crippen molar-refractivity contribution in [2.24, 2.45) is 0 Å². The van der Waals surface area contributed by atoms with Crippen LogP contribution in [0, 0.1) is 6.92 Å². The second-order valence-electron chi connectivity index (χ2n) is 3.52. The van der Waals surface area contributed by atoms with Crippen LogP contribution in [0.1, 0.15) is 28.8 Å². The third-order valence-corrected chi connectivity index (χ3v) is 2.04. The van der Waals surface area contributed by atoms with Crippen molar-refractivity contribution in [1.29, 1.82) is 0 Å². The van der Waals surface area contributed by atoms with E-state index in [9.17, 15) is 14.4 Å². The average molecular weight is 236 g/mol. The van der Waals surface area contributed by atoms with Gasteiger partial charge in [-0.05, 0) is 19.1 Å². The first-order valence-electron chi connectivity index (χ1n) is 5.02. The number of carboxylic acids is 1. The van der Waals surface area contributed by atoms with E-state index in [0.29, 0.717) is 0 Å². The fourth-order valence-electron chi connectivity index (χ4n) is 1.11. The van der Waals surface area contributed by atoms with Gasteiger partial charge in [0.15, 0.2) is 0 Å². The summed E-state index contributed by atoms with van der Waals surface area (Å²) in [5, 5.41) is 8.35. The van der Waals surface area contributed by atoms with Gasteiger partial charge in [0.05, 0.1) is 18.4 Å². The van der Waals surface area contributed by atoms with E-state index in [1.807, 2.05) is 6.92 Å². The molecule has 0 radical (unpaired) electrons. The normalized spacial score (nSPS) is 9.71. The zero-order chi connectivity index (χ0) is 12.8. The average Bonchev–Trinajstić information content (AvgIpc) is 2.27. The number of ether oxygens (including phenoxy) is 1. The Morgan fingerprint density at radius 2 is 1.71 bits per heavy atom. The van der Waals surface area contributed by atoms with Gasteiger partial charge in [-0.1, -0.05) is 17.7 Å². The van der Waals surface area contributed by atoms with E-state index in [0.717, 1.165) is 5.56 Å². The number of benzene rings is 1. The van der Waals surface area contributed by atoms with Crippen molar-refractivity contribution in [2.45, 2.75) is 19.8 Å². The van der Waals surface area contributed by atoms with Crippen LogP contribution in [0.3, 0.4) is 0 Å². The van der Waals surface area contributed by atoms with Crippen LogP contribution < -0.4 is 0 Å². The summed E-state index contributed by atoms with van der Waals surface area (Å²) in [6.07, 6.45) is -0.660. The molecular formula is C12H12O5. The number of esters is 2. The van der Waals surface area contributed by atoms with Crippen LogP contribution in [0.15, 0.2) is 24.3 Å². The lowest BCUT2D eigenvalue weighted by atomic mass is 10.1. The number of carboxylic acid groups (broad SMARTS) is 1.